The van der Waals surface area contributed by atoms with Crippen LogP contribution >= 0.6 is 22.6 Å². The summed E-state index contributed by atoms with van der Waals surface area (Å²) in [4.78, 5) is 16.4. The molecule has 0 aliphatic carbocycles. The van der Waals surface area contributed by atoms with Crippen molar-refractivity contribution in [2.24, 2.45) is 4.99 Å². The molecule has 0 unspecified atom stereocenters. The molecular weight excluding hydrogens is 441 g/mol. The van der Waals surface area contributed by atoms with Crippen LogP contribution in [0.5, 0.6) is 0 Å². The van der Waals surface area contributed by atoms with E-state index in [-0.39, 0.29) is 29.6 Å². The number of benzene rings is 2. The molecule has 24 heavy (non-hydrogen) atoms. The molecular formula is C16H14IN3O3S. The van der Waals surface area contributed by atoms with Crippen LogP contribution in [0, 0.1) is 3.57 Å². The van der Waals surface area contributed by atoms with Crippen LogP contribution in [-0.2, 0) is 14.8 Å². The molecule has 2 aromatic rings. The van der Waals surface area contributed by atoms with Crippen LogP contribution in [0.1, 0.15) is 12.0 Å². The van der Waals surface area contributed by atoms with E-state index in [9.17, 15) is 13.2 Å². The van der Waals surface area contributed by atoms with Crippen LogP contribution in [0.2, 0.25) is 0 Å². The number of aliphatic imine (C=N–C) groups is 1. The van der Waals surface area contributed by atoms with Gasteiger partial charge in [0.2, 0.25) is 5.91 Å². The molecule has 0 aromatic heterocycles. The fraction of sp³-hybridized carbons (Fsp3) is 0.125. The van der Waals surface area contributed by atoms with Crippen molar-refractivity contribution in [3.05, 3.63) is 57.7 Å². The molecule has 0 spiro atoms. The average Bonchev–Trinajstić information content (AvgIpc) is 2.81. The van der Waals surface area contributed by atoms with Gasteiger partial charge in [-0.1, -0.05) is 12.1 Å². The molecule has 124 valence electrons. The third kappa shape index (κ3) is 3.75. The Balaban J connectivity index is 1.63. The Morgan fingerprint density at radius 2 is 1.83 bits per heavy atom. The molecule has 1 heterocycles. The van der Waals surface area contributed by atoms with Gasteiger partial charge < -0.3 is 5.32 Å². The van der Waals surface area contributed by atoms with Gasteiger partial charge in [0.25, 0.3) is 10.0 Å². The molecule has 6 nitrogen and oxygen atoms in total. The number of sulfonamides is 1. The first-order valence-corrected chi connectivity index (χ1v) is 9.74. The van der Waals surface area contributed by atoms with Crippen molar-refractivity contribution in [1.82, 2.24) is 4.72 Å². The minimum atomic E-state index is -3.54. The Morgan fingerprint density at radius 1 is 1.12 bits per heavy atom. The summed E-state index contributed by atoms with van der Waals surface area (Å²) in [5.74, 6) is 0.113. The van der Waals surface area contributed by atoms with Crippen LogP contribution in [0.25, 0.3) is 0 Å². The molecule has 0 saturated carbocycles. The van der Waals surface area contributed by atoms with Crippen molar-refractivity contribution >= 4 is 50.0 Å². The number of halogens is 1. The minimum absolute atomic E-state index is 0.166. The van der Waals surface area contributed by atoms with Gasteiger partial charge in [0.05, 0.1) is 11.4 Å². The van der Waals surface area contributed by atoms with E-state index in [0.717, 1.165) is 9.26 Å². The van der Waals surface area contributed by atoms with Crippen molar-refractivity contribution in [2.45, 2.75) is 11.3 Å². The van der Waals surface area contributed by atoms with Gasteiger partial charge in [0, 0.05) is 21.2 Å². The molecule has 0 bridgehead atoms. The van der Waals surface area contributed by atoms with Gasteiger partial charge in [0.15, 0.2) is 0 Å². The third-order valence-corrected chi connectivity index (χ3v) is 5.52. The molecule has 8 heteroatoms. The Kier molecular flexibility index (Phi) is 4.86. The number of nitrogens with one attached hydrogen (secondary N) is 2. The second kappa shape index (κ2) is 6.89. The van der Waals surface area contributed by atoms with E-state index in [2.05, 4.69) is 37.6 Å². The highest BCUT2D eigenvalue weighted by molar-refractivity contribution is 14.1. The van der Waals surface area contributed by atoms with Crippen molar-refractivity contribution < 1.29 is 13.2 Å². The molecule has 2 N–H and O–H groups in total. The summed E-state index contributed by atoms with van der Waals surface area (Å²) >= 11 is 2.19. The molecule has 0 fully saturated rings. The summed E-state index contributed by atoms with van der Waals surface area (Å²) in [6.07, 6.45) is 0.166. The highest BCUT2D eigenvalue weighted by Gasteiger charge is 2.29. The summed E-state index contributed by atoms with van der Waals surface area (Å²) in [5, 5.41) is 2.78. The van der Waals surface area contributed by atoms with E-state index in [1.807, 2.05) is 24.3 Å². The average molecular weight is 455 g/mol. The number of nitrogens with zero attached hydrogens (tertiary/aromatic N) is 1. The first-order valence-electron chi connectivity index (χ1n) is 7.18. The van der Waals surface area contributed by atoms with Gasteiger partial charge in [-0.3, -0.25) is 14.5 Å². The molecule has 3 rings (SSSR count). The Labute approximate surface area is 153 Å². The smallest absolute Gasteiger partial charge is 0.263 e. The maximum absolute atomic E-state index is 12.0. The van der Waals surface area contributed by atoms with E-state index in [1.165, 1.54) is 6.07 Å². The van der Waals surface area contributed by atoms with Gasteiger partial charge in [-0.2, -0.15) is 0 Å². The van der Waals surface area contributed by atoms with Gasteiger partial charge in [0.1, 0.15) is 5.84 Å². The number of carbonyl (C=O) groups excluding carboxylic acids is 1. The largest absolute Gasteiger partial charge is 0.326 e. The molecule has 1 aliphatic heterocycles. The number of anilines is 1. The van der Waals surface area contributed by atoms with E-state index < -0.39 is 10.0 Å². The van der Waals surface area contributed by atoms with Gasteiger partial charge >= 0.3 is 0 Å². The van der Waals surface area contributed by atoms with E-state index in [1.54, 1.807) is 18.2 Å². The fourth-order valence-corrected chi connectivity index (χ4v) is 3.89. The SMILES string of the molecule is O=C(CCN=C1NS(=O)(=O)c2ccccc21)Nc1ccc(I)cc1. The maximum atomic E-state index is 12.0. The summed E-state index contributed by atoms with van der Waals surface area (Å²) in [6.45, 7) is 0.197. The highest BCUT2D eigenvalue weighted by Crippen LogP contribution is 2.22. The lowest BCUT2D eigenvalue weighted by molar-refractivity contribution is -0.116. The Bertz CT molecular complexity index is 908. The first-order chi connectivity index (χ1) is 11.5. The quantitative estimate of drug-likeness (QED) is 0.695. The van der Waals surface area contributed by atoms with Crippen molar-refractivity contribution in [1.29, 1.82) is 0 Å². The van der Waals surface area contributed by atoms with Gasteiger partial charge in [-0.15, -0.1) is 0 Å². The lowest BCUT2D eigenvalue weighted by Crippen LogP contribution is -2.23. The molecule has 1 aliphatic rings. The van der Waals surface area contributed by atoms with Crippen LogP contribution in [0.15, 0.2) is 58.4 Å². The van der Waals surface area contributed by atoms with Crippen LogP contribution in [0.4, 0.5) is 5.69 Å². The standard InChI is InChI=1S/C16H14IN3O3S/c17-11-5-7-12(8-6-11)19-15(21)9-10-18-16-13-3-1-2-4-14(13)24(22,23)20-16/h1-8H,9-10H2,(H,18,20)(H,19,21). The number of rotatable bonds is 4. The Hall–Kier alpha value is -1.94. The van der Waals surface area contributed by atoms with E-state index >= 15 is 0 Å². The normalized spacial score (nSPS) is 16.5. The van der Waals surface area contributed by atoms with Crippen LogP contribution in [-0.4, -0.2) is 26.7 Å². The third-order valence-electron chi connectivity index (χ3n) is 3.40. The number of amidine groups is 1. The minimum Gasteiger partial charge on any atom is -0.326 e. The predicted molar refractivity (Wildman–Crippen MR) is 101 cm³/mol. The van der Waals surface area contributed by atoms with Crippen LogP contribution < -0.4 is 10.0 Å². The highest BCUT2D eigenvalue weighted by atomic mass is 127. The lowest BCUT2D eigenvalue weighted by atomic mass is 10.2. The predicted octanol–water partition coefficient (Wildman–Crippen LogP) is 2.36. The lowest BCUT2D eigenvalue weighted by Gasteiger charge is -2.04. The first kappa shape index (κ1) is 16.9. The molecule has 0 atom stereocenters. The van der Waals surface area contributed by atoms with E-state index in [4.69, 9.17) is 0 Å². The number of amides is 1. The topological polar surface area (TPSA) is 87.6 Å². The maximum Gasteiger partial charge on any atom is 0.263 e. The molecule has 0 radical (unpaired) electrons. The van der Waals surface area contributed by atoms with Crippen LogP contribution in [0.3, 0.4) is 0 Å². The zero-order chi connectivity index (χ0) is 17.2. The summed E-state index contributed by atoms with van der Waals surface area (Å²) < 4.78 is 27.4. The summed E-state index contributed by atoms with van der Waals surface area (Å²) in [6, 6.07) is 14.1. The van der Waals surface area contributed by atoms with Crippen molar-refractivity contribution in [3.8, 4) is 0 Å². The van der Waals surface area contributed by atoms with Crippen molar-refractivity contribution in [2.75, 3.05) is 11.9 Å². The van der Waals surface area contributed by atoms with Crippen molar-refractivity contribution in [3.63, 3.8) is 0 Å². The monoisotopic (exact) mass is 455 g/mol. The zero-order valence-corrected chi connectivity index (χ0v) is 15.5. The Morgan fingerprint density at radius 3 is 2.58 bits per heavy atom. The second-order valence-electron chi connectivity index (χ2n) is 5.14. The number of carbonyl (C=O) groups is 1. The second-order valence-corrected chi connectivity index (χ2v) is 8.03. The molecule has 0 saturated heterocycles. The fourth-order valence-electron chi connectivity index (χ4n) is 2.28. The summed E-state index contributed by atoms with van der Waals surface area (Å²) in [7, 11) is -3.54. The molecule has 1 amide bonds. The van der Waals surface area contributed by atoms with Gasteiger partial charge in [-0.05, 0) is 59.0 Å². The summed E-state index contributed by atoms with van der Waals surface area (Å²) in [5.41, 5.74) is 1.26. The zero-order valence-electron chi connectivity index (χ0n) is 12.5. The number of hydrogen-bond donors (Lipinski definition) is 2. The number of fused-ring (bicyclic) bond motifs is 1. The molecule has 2 aromatic carbocycles. The van der Waals surface area contributed by atoms with E-state index in [0.29, 0.717) is 5.56 Å². The number of hydrogen-bond acceptors (Lipinski definition) is 4. The van der Waals surface area contributed by atoms with Gasteiger partial charge in [-0.25, -0.2) is 8.42 Å².